The minimum absolute atomic E-state index is 0.486. The van der Waals surface area contributed by atoms with E-state index in [1.54, 1.807) is 12.3 Å². The highest BCUT2D eigenvalue weighted by molar-refractivity contribution is 6.84. The average Bonchev–Trinajstić information content (AvgIpc) is 3.57. The first-order valence-corrected chi connectivity index (χ1v) is 20.9. The molecule has 4 aromatic rings. The molecule has 1 fully saturated rings. The van der Waals surface area contributed by atoms with E-state index in [2.05, 4.69) is 98.8 Å². The zero-order chi connectivity index (χ0) is 29.1. The molecule has 0 amide bonds. The number of hydrogen-bond donors (Lipinski definition) is 0. The highest BCUT2D eigenvalue weighted by atomic mass is 35.5. The van der Waals surface area contributed by atoms with E-state index in [4.69, 9.17) is 11.6 Å². The van der Waals surface area contributed by atoms with Gasteiger partial charge >= 0.3 is 0 Å². The lowest BCUT2D eigenvalue weighted by Crippen LogP contribution is -2.16. The van der Waals surface area contributed by atoms with Crippen molar-refractivity contribution < 1.29 is 0 Å². The van der Waals surface area contributed by atoms with Crippen LogP contribution >= 0.6 is 11.6 Å². The van der Waals surface area contributed by atoms with Gasteiger partial charge in [-0.2, -0.15) is 0 Å². The molecule has 6 nitrogen and oxygen atoms in total. The lowest BCUT2D eigenvalue weighted by molar-refractivity contribution is 0.945. The fourth-order valence-corrected chi connectivity index (χ4v) is 4.88. The Morgan fingerprint density at radius 2 is 1.20 bits per heavy atom. The van der Waals surface area contributed by atoms with Crippen molar-refractivity contribution in [3.63, 3.8) is 0 Å². The Hall–Kier alpha value is -3.44. The number of imidazole rings is 2. The summed E-state index contributed by atoms with van der Waals surface area (Å²) in [5.74, 6) is 8.92. The zero-order valence-electron chi connectivity index (χ0n) is 24.7. The lowest BCUT2D eigenvalue weighted by atomic mass is 10.2. The first-order chi connectivity index (χ1) is 18.8. The highest BCUT2D eigenvalue weighted by Gasteiger charge is 2.24. The summed E-state index contributed by atoms with van der Waals surface area (Å²) >= 11 is 5.79. The van der Waals surface area contributed by atoms with Crippen LogP contribution in [0.4, 0.5) is 0 Å². The molecular weight excluding hydrogens is 548 g/mol. The predicted molar refractivity (Wildman–Crippen MR) is 170 cm³/mol. The standard InChI is InChI=1S/C17H21N3Si.C14H16ClN3Si/c1-13-19-15(9-10-21(2,3)4)12-20(13)16-7-8-17(18-11-16)14-5-6-14;1-11-17-12(7-8-19(2,3)4)10-18(11)13-5-6-14(15)16-9-13/h7-8,11-12,14H,5-6H2,1-4H3;5-6,9-10H,1-4H3. The molecule has 0 atom stereocenters. The van der Waals surface area contributed by atoms with E-state index < -0.39 is 16.1 Å². The molecule has 1 aliphatic rings. The Bertz CT molecular complexity index is 1600. The number of nitrogens with zero attached hydrogens (tertiary/aromatic N) is 6. The first kappa shape index (κ1) is 29.5. The maximum Gasteiger partial charge on any atom is 0.131 e. The zero-order valence-corrected chi connectivity index (χ0v) is 27.4. The summed E-state index contributed by atoms with van der Waals surface area (Å²) < 4.78 is 4.04. The number of halogens is 1. The van der Waals surface area contributed by atoms with Gasteiger partial charge in [0.15, 0.2) is 0 Å². The lowest BCUT2D eigenvalue weighted by Gasteiger charge is -2.05. The Kier molecular flexibility index (Phi) is 8.84. The van der Waals surface area contributed by atoms with E-state index in [-0.39, 0.29) is 0 Å². The van der Waals surface area contributed by atoms with Gasteiger partial charge in [0.1, 0.15) is 44.3 Å². The highest BCUT2D eigenvalue weighted by Crippen LogP contribution is 2.38. The first-order valence-electron chi connectivity index (χ1n) is 13.5. The van der Waals surface area contributed by atoms with Gasteiger partial charge in [-0.05, 0) is 51.0 Å². The van der Waals surface area contributed by atoms with Gasteiger partial charge in [0, 0.05) is 24.0 Å². The molecule has 5 rings (SSSR count). The molecule has 0 bridgehead atoms. The van der Waals surface area contributed by atoms with E-state index in [0.717, 1.165) is 34.4 Å². The molecule has 0 N–H and O–H groups in total. The van der Waals surface area contributed by atoms with Crippen LogP contribution in [0.2, 0.25) is 44.4 Å². The predicted octanol–water partition coefficient (Wildman–Crippen LogP) is 7.14. The second-order valence-corrected chi connectivity index (χ2v) is 22.0. The van der Waals surface area contributed by atoms with Gasteiger partial charge in [-0.15, -0.1) is 11.1 Å². The minimum atomic E-state index is -1.38. The van der Waals surface area contributed by atoms with Crippen LogP contribution in [-0.2, 0) is 0 Å². The molecule has 1 aliphatic carbocycles. The normalized spacial score (nSPS) is 12.9. The number of hydrogen-bond acceptors (Lipinski definition) is 4. The van der Waals surface area contributed by atoms with E-state index in [0.29, 0.717) is 11.1 Å². The van der Waals surface area contributed by atoms with Gasteiger partial charge in [0.25, 0.3) is 0 Å². The molecule has 9 heteroatoms. The molecule has 4 heterocycles. The SMILES string of the molecule is Cc1nc(C#C[Si](C)(C)C)cn1-c1ccc(C2CC2)nc1.Cc1nc(C#C[Si](C)(C)C)cn1-c1ccc(Cl)nc1. The Labute approximate surface area is 245 Å². The van der Waals surface area contributed by atoms with Crippen LogP contribution in [0.1, 0.15) is 47.5 Å². The molecule has 0 aromatic carbocycles. The Balaban J connectivity index is 0.000000186. The molecule has 0 radical (unpaired) electrons. The van der Waals surface area contributed by atoms with Crippen molar-refractivity contribution in [3.05, 3.63) is 82.9 Å². The van der Waals surface area contributed by atoms with Crippen molar-refractivity contribution in [3.8, 4) is 34.3 Å². The molecule has 4 aromatic heterocycles. The summed E-state index contributed by atoms with van der Waals surface area (Å²) in [6, 6.07) is 7.95. The molecule has 0 aliphatic heterocycles. The van der Waals surface area contributed by atoms with Crippen LogP contribution < -0.4 is 0 Å². The summed E-state index contributed by atoms with van der Waals surface area (Å²) in [5, 5.41) is 0.486. The number of aromatic nitrogens is 6. The third-order valence-corrected chi connectivity index (χ3v) is 7.90. The Morgan fingerprint density at radius 1 is 0.725 bits per heavy atom. The van der Waals surface area contributed by atoms with Gasteiger partial charge < -0.3 is 9.13 Å². The van der Waals surface area contributed by atoms with Crippen molar-refractivity contribution in [2.75, 3.05) is 0 Å². The van der Waals surface area contributed by atoms with Crippen molar-refractivity contribution in [2.24, 2.45) is 0 Å². The fourth-order valence-electron chi connectivity index (χ4n) is 3.76. The summed E-state index contributed by atoms with van der Waals surface area (Å²) in [5.41, 5.74) is 11.5. The topological polar surface area (TPSA) is 61.4 Å². The quantitative estimate of drug-likeness (QED) is 0.146. The smallest absolute Gasteiger partial charge is 0.131 e. The molecule has 206 valence electrons. The maximum atomic E-state index is 5.79. The summed E-state index contributed by atoms with van der Waals surface area (Å²) in [4.78, 5) is 17.7. The van der Waals surface area contributed by atoms with Gasteiger partial charge in [-0.25, -0.2) is 15.0 Å². The second-order valence-electron chi connectivity index (χ2n) is 12.1. The van der Waals surface area contributed by atoms with Gasteiger partial charge in [0.05, 0.1) is 23.8 Å². The number of pyridine rings is 2. The van der Waals surface area contributed by atoms with Gasteiger partial charge in [0.2, 0.25) is 0 Å². The van der Waals surface area contributed by atoms with Crippen molar-refractivity contribution in [1.82, 2.24) is 29.1 Å². The molecular formula is C31H37ClN6Si2. The van der Waals surface area contributed by atoms with Crippen molar-refractivity contribution in [2.45, 2.75) is 71.9 Å². The van der Waals surface area contributed by atoms with Crippen LogP contribution in [0.25, 0.3) is 11.4 Å². The van der Waals surface area contributed by atoms with Crippen molar-refractivity contribution >= 4 is 27.7 Å². The largest absolute Gasteiger partial charge is 0.301 e. The van der Waals surface area contributed by atoms with Gasteiger partial charge in [-0.1, -0.05) is 62.7 Å². The van der Waals surface area contributed by atoms with Crippen LogP contribution in [0.15, 0.2) is 49.1 Å². The maximum absolute atomic E-state index is 5.79. The summed E-state index contributed by atoms with van der Waals surface area (Å²) in [7, 11) is -2.74. The minimum Gasteiger partial charge on any atom is -0.301 e. The van der Waals surface area contributed by atoms with Gasteiger partial charge in [-0.3, -0.25) is 4.98 Å². The van der Waals surface area contributed by atoms with Crippen LogP contribution in [0, 0.1) is 36.8 Å². The van der Waals surface area contributed by atoms with Crippen molar-refractivity contribution in [1.29, 1.82) is 0 Å². The number of rotatable bonds is 3. The van der Waals surface area contributed by atoms with E-state index >= 15 is 0 Å². The monoisotopic (exact) mass is 584 g/mol. The molecule has 0 saturated heterocycles. The summed E-state index contributed by atoms with van der Waals surface area (Å²) in [6.07, 6.45) is 10.2. The molecule has 1 saturated carbocycles. The van der Waals surface area contributed by atoms with E-state index in [1.807, 2.05) is 43.1 Å². The van der Waals surface area contributed by atoms with E-state index in [9.17, 15) is 0 Å². The van der Waals surface area contributed by atoms with Crippen LogP contribution in [0.3, 0.4) is 0 Å². The fraction of sp³-hybridized carbons (Fsp3) is 0.355. The van der Waals surface area contributed by atoms with Crippen LogP contribution in [-0.4, -0.2) is 45.2 Å². The Morgan fingerprint density at radius 3 is 1.57 bits per heavy atom. The second kappa shape index (κ2) is 12.0. The molecule has 40 heavy (non-hydrogen) atoms. The summed E-state index contributed by atoms with van der Waals surface area (Å²) in [6.45, 7) is 17.3. The van der Waals surface area contributed by atoms with Crippen LogP contribution in [0.5, 0.6) is 0 Å². The third-order valence-electron chi connectivity index (χ3n) is 5.93. The molecule has 0 unspecified atom stereocenters. The number of aryl methyl sites for hydroxylation is 2. The van der Waals surface area contributed by atoms with E-state index in [1.165, 1.54) is 18.5 Å². The molecule has 0 spiro atoms. The average molecular weight is 585 g/mol. The third kappa shape index (κ3) is 8.53.